The Hall–Kier alpha value is -2.70. The summed E-state index contributed by atoms with van der Waals surface area (Å²) in [6, 6.07) is 5.59. The maximum absolute atomic E-state index is 12.4. The number of carboxylic acids is 1. The third-order valence-corrected chi connectivity index (χ3v) is 4.24. The molecule has 0 aromatic heterocycles. The average molecular weight is 318 g/mol. The van der Waals surface area contributed by atoms with E-state index in [1.54, 1.807) is 0 Å². The maximum atomic E-state index is 12.4. The van der Waals surface area contributed by atoms with Crippen LogP contribution < -0.4 is 5.32 Å². The topological polar surface area (TPSA) is 110 Å². The number of nitrogens with one attached hydrogen (secondary N) is 1. The van der Waals surface area contributed by atoms with Crippen molar-refractivity contribution in [1.29, 1.82) is 0 Å². The Morgan fingerprint density at radius 1 is 1.22 bits per heavy atom. The molecule has 1 aromatic carbocycles. The summed E-state index contributed by atoms with van der Waals surface area (Å²) in [5, 5.41) is 22.7. The standard InChI is InChI=1S/C16H18N2O5/c1-9-6-13(14(16(20)21)7-10(9)2)15(19)17-11-4-3-5-12(8-11)18(22)23/h3-5,8,13-14H,6-7H2,1-2H3,(H,17,19)(H,20,21)/t13-,14-/m0/s1. The van der Waals surface area contributed by atoms with Gasteiger partial charge in [0.15, 0.2) is 0 Å². The molecular formula is C16H18N2O5. The van der Waals surface area contributed by atoms with E-state index in [1.807, 2.05) is 13.8 Å². The monoisotopic (exact) mass is 318 g/mol. The molecule has 0 saturated heterocycles. The third-order valence-electron chi connectivity index (χ3n) is 4.24. The van der Waals surface area contributed by atoms with E-state index in [9.17, 15) is 24.8 Å². The van der Waals surface area contributed by atoms with Gasteiger partial charge in [0.05, 0.1) is 16.8 Å². The van der Waals surface area contributed by atoms with Crippen LogP contribution in [0.25, 0.3) is 0 Å². The van der Waals surface area contributed by atoms with Crippen LogP contribution >= 0.6 is 0 Å². The molecule has 0 radical (unpaired) electrons. The summed E-state index contributed by atoms with van der Waals surface area (Å²) in [4.78, 5) is 34.1. The Morgan fingerprint density at radius 3 is 2.39 bits per heavy atom. The number of nitrogens with zero attached hydrogens (tertiary/aromatic N) is 1. The lowest BCUT2D eigenvalue weighted by Crippen LogP contribution is -2.36. The number of hydrogen-bond acceptors (Lipinski definition) is 4. The van der Waals surface area contributed by atoms with Crippen LogP contribution in [0, 0.1) is 22.0 Å². The second kappa shape index (κ2) is 6.60. The predicted octanol–water partition coefficient (Wildman–Crippen LogP) is 2.98. The summed E-state index contributed by atoms with van der Waals surface area (Å²) in [5.41, 5.74) is 2.17. The van der Waals surface area contributed by atoms with Crippen molar-refractivity contribution in [2.75, 3.05) is 5.32 Å². The highest BCUT2D eigenvalue weighted by atomic mass is 16.6. The SMILES string of the molecule is CC1=C(C)C[C@H](C(=O)Nc2cccc([N+](=O)[O-])c2)[C@@H](C(=O)O)C1. The average Bonchev–Trinajstić information content (AvgIpc) is 2.49. The number of anilines is 1. The van der Waals surface area contributed by atoms with Gasteiger partial charge < -0.3 is 10.4 Å². The van der Waals surface area contributed by atoms with Gasteiger partial charge in [-0.15, -0.1) is 0 Å². The first kappa shape index (κ1) is 16.7. The van der Waals surface area contributed by atoms with Crippen molar-refractivity contribution >= 4 is 23.3 Å². The van der Waals surface area contributed by atoms with Crippen LogP contribution in [0.1, 0.15) is 26.7 Å². The summed E-state index contributed by atoms with van der Waals surface area (Å²) >= 11 is 0. The van der Waals surface area contributed by atoms with Crippen molar-refractivity contribution in [2.45, 2.75) is 26.7 Å². The number of hydrogen-bond donors (Lipinski definition) is 2. The number of non-ortho nitro benzene ring substituents is 1. The molecule has 1 amide bonds. The molecule has 0 heterocycles. The largest absolute Gasteiger partial charge is 0.481 e. The van der Waals surface area contributed by atoms with Gasteiger partial charge >= 0.3 is 5.97 Å². The molecule has 0 fully saturated rings. The number of carboxylic acid groups (broad SMARTS) is 1. The normalized spacial score (nSPS) is 21.0. The van der Waals surface area contributed by atoms with Gasteiger partial charge in [0.1, 0.15) is 0 Å². The van der Waals surface area contributed by atoms with Gasteiger partial charge in [-0.2, -0.15) is 0 Å². The van der Waals surface area contributed by atoms with Gasteiger partial charge in [0.2, 0.25) is 5.91 Å². The summed E-state index contributed by atoms with van der Waals surface area (Å²) < 4.78 is 0. The molecule has 122 valence electrons. The predicted molar refractivity (Wildman–Crippen MR) is 83.9 cm³/mol. The van der Waals surface area contributed by atoms with Gasteiger partial charge in [0.25, 0.3) is 5.69 Å². The fourth-order valence-corrected chi connectivity index (χ4v) is 2.76. The van der Waals surface area contributed by atoms with Gasteiger partial charge in [-0.05, 0) is 32.8 Å². The van der Waals surface area contributed by atoms with Crippen molar-refractivity contribution in [3.63, 3.8) is 0 Å². The van der Waals surface area contributed by atoms with E-state index in [2.05, 4.69) is 5.32 Å². The molecule has 1 aliphatic carbocycles. The molecule has 2 atom stereocenters. The zero-order chi connectivity index (χ0) is 17.1. The fraction of sp³-hybridized carbons (Fsp3) is 0.375. The van der Waals surface area contributed by atoms with E-state index in [1.165, 1.54) is 24.3 Å². The first-order chi connectivity index (χ1) is 10.8. The minimum absolute atomic E-state index is 0.131. The zero-order valence-corrected chi connectivity index (χ0v) is 12.9. The van der Waals surface area contributed by atoms with Crippen molar-refractivity contribution in [1.82, 2.24) is 0 Å². The first-order valence-corrected chi connectivity index (χ1v) is 7.23. The molecule has 23 heavy (non-hydrogen) atoms. The number of amides is 1. The molecular weight excluding hydrogens is 300 g/mol. The number of allylic oxidation sites excluding steroid dienone is 2. The van der Waals surface area contributed by atoms with Crippen LogP contribution in [0.2, 0.25) is 0 Å². The maximum Gasteiger partial charge on any atom is 0.307 e. The van der Waals surface area contributed by atoms with E-state index in [4.69, 9.17) is 0 Å². The number of aliphatic carboxylic acids is 1. The summed E-state index contributed by atoms with van der Waals surface area (Å²) in [6.07, 6.45) is 0.720. The van der Waals surface area contributed by atoms with E-state index in [0.717, 1.165) is 11.1 Å². The smallest absolute Gasteiger partial charge is 0.307 e. The third kappa shape index (κ3) is 3.74. The molecule has 7 nitrogen and oxygen atoms in total. The summed E-state index contributed by atoms with van der Waals surface area (Å²) in [7, 11) is 0. The number of carbonyl (C=O) groups is 2. The molecule has 1 aromatic rings. The first-order valence-electron chi connectivity index (χ1n) is 7.23. The van der Waals surface area contributed by atoms with Crippen molar-refractivity contribution in [3.05, 3.63) is 45.5 Å². The zero-order valence-electron chi connectivity index (χ0n) is 12.9. The van der Waals surface area contributed by atoms with Crippen LogP contribution in [-0.2, 0) is 9.59 Å². The Kier molecular flexibility index (Phi) is 4.78. The molecule has 0 unspecified atom stereocenters. The van der Waals surface area contributed by atoms with Crippen LogP contribution in [0.15, 0.2) is 35.4 Å². The van der Waals surface area contributed by atoms with E-state index < -0.39 is 28.6 Å². The minimum atomic E-state index is -1.00. The highest BCUT2D eigenvalue weighted by molar-refractivity contribution is 5.95. The minimum Gasteiger partial charge on any atom is -0.481 e. The molecule has 2 N–H and O–H groups in total. The van der Waals surface area contributed by atoms with Gasteiger partial charge in [-0.1, -0.05) is 17.2 Å². The number of rotatable bonds is 4. The molecule has 7 heteroatoms. The van der Waals surface area contributed by atoms with E-state index >= 15 is 0 Å². The quantitative estimate of drug-likeness (QED) is 0.504. The van der Waals surface area contributed by atoms with Gasteiger partial charge in [0, 0.05) is 17.8 Å². The van der Waals surface area contributed by atoms with Gasteiger partial charge in [-0.3, -0.25) is 19.7 Å². The highest BCUT2D eigenvalue weighted by Crippen LogP contribution is 2.35. The van der Waals surface area contributed by atoms with E-state index in [0.29, 0.717) is 12.8 Å². The highest BCUT2D eigenvalue weighted by Gasteiger charge is 2.37. The van der Waals surface area contributed by atoms with Crippen molar-refractivity contribution < 1.29 is 19.6 Å². The Balaban J connectivity index is 2.20. The lowest BCUT2D eigenvalue weighted by Gasteiger charge is -2.29. The number of nitro groups is 1. The molecule has 2 rings (SSSR count). The van der Waals surface area contributed by atoms with Crippen molar-refractivity contribution in [2.24, 2.45) is 11.8 Å². The molecule has 0 bridgehead atoms. The Morgan fingerprint density at radius 2 is 1.83 bits per heavy atom. The molecule has 0 saturated carbocycles. The Labute approximate surface area is 133 Å². The molecule has 0 aliphatic heterocycles. The number of carbonyl (C=O) groups excluding carboxylic acids is 1. The van der Waals surface area contributed by atoms with Crippen LogP contribution in [0.5, 0.6) is 0 Å². The van der Waals surface area contributed by atoms with Crippen molar-refractivity contribution in [3.8, 4) is 0 Å². The summed E-state index contributed by atoms with van der Waals surface area (Å²) in [5.74, 6) is -2.89. The number of benzene rings is 1. The van der Waals surface area contributed by atoms with E-state index in [-0.39, 0.29) is 11.4 Å². The van der Waals surface area contributed by atoms with Crippen LogP contribution in [0.4, 0.5) is 11.4 Å². The lowest BCUT2D eigenvalue weighted by molar-refractivity contribution is -0.384. The lowest BCUT2D eigenvalue weighted by atomic mass is 9.76. The van der Waals surface area contributed by atoms with Crippen LogP contribution in [-0.4, -0.2) is 21.9 Å². The fourth-order valence-electron chi connectivity index (χ4n) is 2.76. The molecule has 1 aliphatic rings. The van der Waals surface area contributed by atoms with Crippen LogP contribution in [0.3, 0.4) is 0 Å². The van der Waals surface area contributed by atoms with Gasteiger partial charge in [-0.25, -0.2) is 0 Å². The number of nitro benzene ring substituents is 1. The second-order valence-corrected chi connectivity index (χ2v) is 5.82. The Bertz CT molecular complexity index is 695. The molecule has 0 spiro atoms. The summed E-state index contributed by atoms with van der Waals surface area (Å²) in [6.45, 7) is 3.76. The second-order valence-electron chi connectivity index (χ2n) is 5.82.